The molecule has 2 aliphatic rings. The smallest absolute Gasteiger partial charge is 0.108 e. The van der Waals surface area contributed by atoms with E-state index in [9.17, 15) is 5.11 Å². The van der Waals surface area contributed by atoms with Crippen LogP contribution in [0.25, 0.3) is 10.2 Å². The zero-order valence-corrected chi connectivity index (χ0v) is 11.6. The quantitative estimate of drug-likeness (QED) is 0.915. The van der Waals surface area contributed by atoms with Gasteiger partial charge in [0.15, 0.2) is 0 Å². The molecule has 2 atom stereocenters. The van der Waals surface area contributed by atoms with E-state index in [1.165, 1.54) is 22.5 Å². The molecule has 2 aliphatic heterocycles. The summed E-state index contributed by atoms with van der Waals surface area (Å²) in [5.41, 5.74) is 1.12. The number of aromatic nitrogens is 1. The molecule has 0 amide bonds. The number of hydrogen-bond acceptors (Lipinski definition) is 4. The molecule has 2 saturated heterocycles. The van der Waals surface area contributed by atoms with Crippen molar-refractivity contribution in [2.45, 2.75) is 50.4 Å². The van der Waals surface area contributed by atoms with Crippen molar-refractivity contribution >= 4 is 21.6 Å². The van der Waals surface area contributed by atoms with E-state index in [2.05, 4.69) is 23.1 Å². The molecule has 1 aromatic heterocycles. The lowest BCUT2D eigenvalue weighted by Crippen LogP contribution is -2.43. The largest absolute Gasteiger partial charge is 0.393 e. The molecule has 2 unspecified atom stereocenters. The number of aliphatic hydroxyl groups excluding tert-OH is 1. The fourth-order valence-electron chi connectivity index (χ4n) is 3.65. The third-order valence-electron chi connectivity index (χ3n) is 4.52. The highest BCUT2D eigenvalue weighted by Gasteiger charge is 2.40. The molecule has 4 rings (SSSR count). The van der Waals surface area contributed by atoms with Gasteiger partial charge in [-0.1, -0.05) is 12.1 Å². The van der Waals surface area contributed by atoms with Crippen molar-refractivity contribution in [2.24, 2.45) is 0 Å². The summed E-state index contributed by atoms with van der Waals surface area (Å²) in [6.07, 6.45) is 4.30. The van der Waals surface area contributed by atoms with Crippen molar-refractivity contribution < 1.29 is 5.11 Å². The van der Waals surface area contributed by atoms with Crippen molar-refractivity contribution in [1.29, 1.82) is 0 Å². The maximum absolute atomic E-state index is 9.85. The summed E-state index contributed by atoms with van der Waals surface area (Å²) in [4.78, 5) is 7.31. The molecule has 2 aromatic rings. The fourth-order valence-corrected chi connectivity index (χ4v) is 4.62. The number of aliphatic hydroxyl groups is 1. The first kappa shape index (κ1) is 11.8. The highest BCUT2D eigenvalue weighted by atomic mass is 32.1. The standard InChI is InChI=1S/C15H18N2OS/c18-12-7-10-5-6-11(8-12)17(10)9-15-16-13-3-1-2-4-14(13)19-15/h1-4,10-12,18H,5-9H2. The average Bonchev–Trinajstić information content (AvgIpc) is 2.90. The number of nitrogens with zero attached hydrogens (tertiary/aromatic N) is 2. The minimum atomic E-state index is -0.0795. The van der Waals surface area contributed by atoms with Gasteiger partial charge < -0.3 is 5.11 Å². The van der Waals surface area contributed by atoms with Crippen molar-refractivity contribution in [3.05, 3.63) is 29.3 Å². The molecular weight excluding hydrogens is 256 g/mol. The lowest BCUT2D eigenvalue weighted by atomic mass is 10.0. The zero-order chi connectivity index (χ0) is 12.8. The van der Waals surface area contributed by atoms with Crippen molar-refractivity contribution in [1.82, 2.24) is 9.88 Å². The summed E-state index contributed by atoms with van der Waals surface area (Å²) in [6.45, 7) is 0.960. The van der Waals surface area contributed by atoms with Crippen LogP contribution in [0.1, 0.15) is 30.7 Å². The lowest BCUT2D eigenvalue weighted by Gasteiger charge is -2.36. The van der Waals surface area contributed by atoms with Gasteiger partial charge in [-0.3, -0.25) is 4.90 Å². The molecule has 2 fully saturated rings. The van der Waals surface area contributed by atoms with E-state index in [-0.39, 0.29) is 6.10 Å². The van der Waals surface area contributed by atoms with Crippen LogP contribution in [0.15, 0.2) is 24.3 Å². The van der Waals surface area contributed by atoms with E-state index in [1.54, 1.807) is 0 Å². The van der Waals surface area contributed by atoms with Crippen molar-refractivity contribution in [2.75, 3.05) is 0 Å². The number of hydrogen-bond donors (Lipinski definition) is 1. The number of piperidine rings is 1. The molecule has 0 saturated carbocycles. The Morgan fingerprint density at radius 2 is 1.95 bits per heavy atom. The lowest BCUT2D eigenvalue weighted by molar-refractivity contribution is 0.0310. The van der Waals surface area contributed by atoms with E-state index >= 15 is 0 Å². The highest BCUT2D eigenvalue weighted by molar-refractivity contribution is 7.18. The van der Waals surface area contributed by atoms with Gasteiger partial charge >= 0.3 is 0 Å². The van der Waals surface area contributed by atoms with Gasteiger partial charge in [0, 0.05) is 12.1 Å². The topological polar surface area (TPSA) is 36.4 Å². The van der Waals surface area contributed by atoms with Crippen LogP contribution in [0.2, 0.25) is 0 Å². The van der Waals surface area contributed by atoms with E-state index in [1.807, 2.05) is 17.4 Å². The molecule has 3 nitrogen and oxygen atoms in total. The second-order valence-electron chi connectivity index (χ2n) is 5.76. The molecule has 0 aliphatic carbocycles. The van der Waals surface area contributed by atoms with Gasteiger partial charge in [-0.25, -0.2) is 4.98 Å². The molecule has 0 radical (unpaired) electrons. The molecule has 1 aromatic carbocycles. The van der Waals surface area contributed by atoms with Gasteiger partial charge in [-0.05, 0) is 37.8 Å². The summed E-state index contributed by atoms with van der Waals surface area (Å²) in [6, 6.07) is 9.49. The Labute approximate surface area is 116 Å². The van der Waals surface area contributed by atoms with Gasteiger partial charge in [-0.2, -0.15) is 0 Å². The summed E-state index contributed by atoms with van der Waals surface area (Å²) >= 11 is 1.81. The highest BCUT2D eigenvalue weighted by Crippen LogP contribution is 2.37. The molecule has 3 heterocycles. The number of benzene rings is 1. The molecule has 1 N–H and O–H groups in total. The van der Waals surface area contributed by atoms with Crippen LogP contribution >= 0.6 is 11.3 Å². The number of fused-ring (bicyclic) bond motifs is 3. The Kier molecular flexibility index (Phi) is 2.83. The van der Waals surface area contributed by atoms with Crippen LogP contribution < -0.4 is 0 Å². The first-order chi connectivity index (χ1) is 9.29. The maximum Gasteiger partial charge on any atom is 0.108 e. The monoisotopic (exact) mass is 274 g/mol. The first-order valence-electron chi connectivity index (χ1n) is 7.08. The van der Waals surface area contributed by atoms with E-state index in [0.717, 1.165) is 24.9 Å². The van der Waals surface area contributed by atoms with E-state index < -0.39 is 0 Å². The third kappa shape index (κ3) is 2.08. The predicted molar refractivity (Wildman–Crippen MR) is 77.2 cm³/mol. The Bertz CT molecular complexity index is 550. The van der Waals surface area contributed by atoms with Crippen LogP contribution in [0.5, 0.6) is 0 Å². The number of thiazole rings is 1. The SMILES string of the molecule is OC1CC2CCC(C1)N2Cc1nc2ccccc2s1. The van der Waals surface area contributed by atoms with Crippen LogP contribution in [0, 0.1) is 0 Å². The second kappa shape index (κ2) is 4.54. The van der Waals surface area contributed by atoms with E-state index in [0.29, 0.717) is 12.1 Å². The first-order valence-corrected chi connectivity index (χ1v) is 7.89. The normalized spacial score (nSPS) is 31.1. The predicted octanol–water partition coefficient (Wildman–Crippen LogP) is 2.78. The summed E-state index contributed by atoms with van der Waals surface area (Å²) in [5.74, 6) is 0. The van der Waals surface area contributed by atoms with Crippen LogP contribution in [0.4, 0.5) is 0 Å². The minimum Gasteiger partial charge on any atom is -0.393 e. The molecule has 0 spiro atoms. The Morgan fingerprint density at radius 1 is 1.21 bits per heavy atom. The number of para-hydroxylation sites is 1. The fraction of sp³-hybridized carbons (Fsp3) is 0.533. The molecule has 4 heteroatoms. The van der Waals surface area contributed by atoms with Crippen LogP contribution in [-0.2, 0) is 6.54 Å². The van der Waals surface area contributed by atoms with Crippen molar-refractivity contribution in [3.63, 3.8) is 0 Å². The Balaban J connectivity index is 1.58. The van der Waals surface area contributed by atoms with Crippen LogP contribution in [0.3, 0.4) is 0 Å². The zero-order valence-electron chi connectivity index (χ0n) is 10.8. The summed E-state index contributed by atoms with van der Waals surface area (Å²) in [5, 5.41) is 11.1. The summed E-state index contributed by atoms with van der Waals surface area (Å²) in [7, 11) is 0. The van der Waals surface area contributed by atoms with E-state index in [4.69, 9.17) is 4.98 Å². The molecule has 100 valence electrons. The number of rotatable bonds is 2. The molecule has 19 heavy (non-hydrogen) atoms. The van der Waals surface area contributed by atoms with Gasteiger partial charge in [-0.15, -0.1) is 11.3 Å². The van der Waals surface area contributed by atoms with Gasteiger partial charge in [0.1, 0.15) is 5.01 Å². The average molecular weight is 274 g/mol. The second-order valence-corrected chi connectivity index (χ2v) is 6.87. The van der Waals surface area contributed by atoms with Gasteiger partial charge in [0.2, 0.25) is 0 Å². The minimum absolute atomic E-state index is 0.0795. The van der Waals surface area contributed by atoms with Gasteiger partial charge in [0.05, 0.1) is 22.9 Å². The van der Waals surface area contributed by atoms with Crippen LogP contribution in [-0.4, -0.2) is 33.2 Å². The molecular formula is C15H18N2OS. The Morgan fingerprint density at radius 3 is 2.68 bits per heavy atom. The van der Waals surface area contributed by atoms with Gasteiger partial charge in [0.25, 0.3) is 0 Å². The maximum atomic E-state index is 9.85. The van der Waals surface area contributed by atoms with Crippen molar-refractivity contribution in [3.8, 4) is 0 Å². The Hall–Kier alpha value is -0.970. The molecule has 2 bridgehead atoms. The third-order valence-corrected chi connectivity index (χ3v) is 5.54. The summed E-state index contributed by atoms with van der Waals surface area (Å²) < 4.78 is 1.28.